The molecule has 1 aliphatic heterocycles. The third-order valence-electron chi connectivity index (χ3n) is 4.46. The number of amides is 2. The number of nitrogens with zero attached hydrogens (tertiary/aromatic N) is 3. The molecule has 4 rings (SSSR count). The second kappa shape index (κ2) is 6.76. The first kappa shape index (κ1) is 15.4. The predicted octanol–water partition coefficient (Wildman–Crippen LogP) is 2.96. The lowest BCUT2D eigenvalue weighted by atomic mass is 10.00. The number of urea groups is 1. The SMILES string of the molecule is O=C(NCc1cccnc1)N1CC=C(c2c[nH]c3ncccc23)CC1. The van der Waals surface area contributed by atoms with Crippen LogP contribution in [0.3, 0.4) is 0 Å². The van der Waals surface area contributed by atoms with E-state index in [4.69, 9.17) is 0 Å². The van der Waals surface area contributed by atoms with Crippen LogP contribution in [0.25, 0.3) is 16.6 Å². The van der Waals surface area contributed by atoms with Gasteiger partial charge in [-0.1, -0.05) is 12.1 Å². The summed E-state index contributed by atoms with van der Waals surface area (Å²) in [6.07, 6.45) is 10.2. The summed E-state index contributed by atoms with van der Waals surface area (Å²) < 4.78 is 0. The zero-order valence-corrected chi connectivity index (χ0v) is 13.8. The van der Waals surface area contributed by atoms with E-state index in [1.54, 1.807) is 18.6 Å². The monoisotopic (exact) mass is 333 g/mol. The summed E-state index contributed by atoms with van der Waals surface area (Å²) in [5.74, 6) is 0. The van der Waals surface area contributed by atoms with Gasteiger partial charge in [-0.15, -0.1) is 0 Å². The van der Waals surface area contributed by atoms with Crippen molar-refractivity contribution in [2.75, 3.05) is 13.1 Å². The Morgan fingerprint density at radius 3 is 3.00 bits per heavy atom. The average Bonchev–Trinajstić information content (AvgIpc) is 3.11. The molecule has 6 nitrogen and oxygen atoms in total. The molecule has 0 fully saturated rings. The van der Waals surface area contributed by atoms with Crippen molar-refractivity contribution in [3.8, 4) is 0 Å². The second-order valence-electron chi connectivity index (χ2n) is 6.05. The molecular weight excluding hydrogens is 314 g/mol. The molecule has 3 aromatic heterocycles. The van der Waals surface area contributed by atoms with Gasteiger partial charge in [-0.05, 0) is 35.8 Å². The Hall–Kier alpha value is -3.15. The predicted molar refractivity (Wildman–Crippen MR) is 96.7 cm³/mol. The van der Waals surface area contributed by atoms with Gasteiger partial charge >= 0.3 is 6.03 Å². The molecule has 0 atom stereocenters. The Balaban J connectivity index is 1.41. The van der Waals surface area contributed by atoms with Crippen molar-refractivity contribution in [2.24, 2.45) is 0 Å². The quantitative estimate of drug-likeness (QED) is 0.774. The summed E-state index contributed by atoms with van der Waals surface area (Å²) in [5.41, 5.74) is 4.33. The molecule has 0 bridgehead atoms. The van der Waals surface area contributed by atoms with Gasteiger partial charge in [-0.3, -0.25) is 4.98 Å². The van der Waals surface area contributed by atoms with Crippen LogP contribution >= 0.6 is 0 Å². The van der Waals surface area contributed by atoms with Crippen molar-refractivity contribution in [1.29, 1.82) is 0 Å². The molecule has 0 spiro atoms. The first-order valence-corrected chi connectivity index (χ1v) is 8.34. The second-order valence-corrected chi connectivity index (χ2v) is 6.05. The van der Waals surface area contributed by atoms with Gasteiger partial charge in [0.2, 0.25) is 0 Å². The number of hydrogen-bond donors (Lipinski definition) is 2. The standard InChI is InChI=1S/C19H19N5O/c25-19(23-12-14-3-1-7-20-11-14)24-9-5-15(6-10-24)17-13-22-18-16(17)4-2-8-21-18/h1-5,7-8,11,13H,6,9-10,12H2,(H,21,22)(H,23,25). The van der Waals surface area contributed by atoms with Gasteiger partial charge in [0.25, 0.3) is 0 Å². The smallest absolute Gasteiger partial charge is 0.317 e. The average molecular weight is 333 g/mol. The third-order valence-corrected chi connectivity index (χ3v) is 4.46. The molecule has 4 heterocycles. The summed E-state index contributed by atoms with van der Waals surface area (Å²) in [6, 6.07) is 7.79. The van der Waals surface area contributed by atoms with Crippen LogP contribution in [-0.2, 0) is 6.54 Å². The molecular formula is C19H19N5O. The topological polar surface area (TPSA) is 73.9 Å². The molecule has 0 aliphatic carbocycles. The maximum Gasteiger partial charge on any atom is 0.317 e. The van der Waals surface area contributed by atoms with Crippen LogP contribution in [0.4, 0.5) is 4.79 Å². The van der Waals surface area contributed by atoms with Crippen LogP contribution in [0.15, 0.2) is 55.1 Å². The van der Waals surface area contributed by atoms with Crippen molar-refractivity contribution in [3.63, 3.8) is 0 Å². The van der Waals surface area contributed by atoms with Crippen molar-refractivity contribution in [2.45, 2.75) is 13.0 Å². The molecule has 6 heteroatoms. The molecule has 2 N–H and O–H groups in total. The van der Waals surface area contributed by atoms with E-state index in [0.29, 0.717) is 19.6 Å². The van der Waals surface area contributed by atoms with E-state index in [1.165, 1.54) is 11.1 Å². The Morgan fingerprint density at radius 2 is 2.20 bits per heavy atom. The molecule has 2 amide bonds. The van der Waals surface area contributed by atoms with E-state index < -0.39 is 0 Å². The molecule has 0 radical (unpaired) electrons. The Morgan fingerprint density at radius 1 is 1.28 bits per heavy atom. The van der Waals surface area contributed by atoms with Gasteiger partial charge in [0.1, 0.15) is 5.65 Å². The van der Waals surface area contributed by atoms with Crippen LogP contribution in [-0.4, -0.2) is 39.0 Å². The highest BCUT2D eigenvalue weighted by Crippen LogP contribution is 2.28. The number of aromatic nitrogens is 3. The van der Waals surface area contributed by atoms with Gasteiger partial charge in [-0.2, -0.15) is 0 Å². The normalized spacial score (nSPS) is 14.4. The fourth-order valence-corrected chi connectivity index (χ4v) is 3.11. The zero-order chi connectivity index (χ0) is 17.1. The van der Waals surface area contributed by atoms with Gasteiger partial charge in [0.15, 0.2) is 0 Å². The fraction of sp³-hybridized carbons (Fsp3) is 0.211. The van der Waals surface area contributed by atoms with E-state index in [0.717, 1.165) is 23.0 Å². The largest absolute Gasteiger partial charge is 0.346 e. The lowest BCUT2D eigenvalue weighted by Crippen LogP contribution is -2.41. The number of carbonyl (C=O) groups excluding carboxylic acids is 1. The van der Waals surface area contributed by atoms with Gasteiger partial charge in [0, 0.05) is 55.4 Å². The van der Waals surface area contributed by atoms with Crippen LogP contribution in [0.1, 0.15) is 17.5 Å². The van der Waals surface area contributed by atoms with E-state index in [-0.39, 0.29) is 6.03 Å². The van der Waals surface area contributed by atoms with E-state index in [2.05, 4.69) is 32.4 Å². The zero-order valence-electron chi connectivity index (χ0n) is 13.8. The lowest BCUT2D eigenvalue weighted by Gasteiger charge is -2.26. The summed E-state index contributed by atoms with van der Waals surface area (Å²) in [7, 11) is 0. The van der Waals surface area contributed by atoms with E-state index >= 15 is 0 Å². The Bertz CT molecular complexity index is 916. The Kier molecular flexibility index (Phi) is 4.16. The van der Waals surface area contributed by atoms with Crippen molar-refractivity contribution in [1.82, 2.24) is 25.2 Å². The lowest BCUT2D eigenvalue weighted by molar-refractivity contribution is 0.202. The third kappa shape index (κ3) is 3.24. The molecule has 0 unspecified atom stereocenters. The van der Waals surface area contributed by atoms with Crippen molar-refractivity contribution >= 4 is 22.6 Å². The highest BCUT2D eigenvalue weighted by Gasteiger charge is 2.19. The number of aromatic amines is 1. The number of hydrogen-bond acceptors (Lipinski definition) is 3. The number of rotatable bonds is 3. The molecule has 0 aromatic carbocycles. The van der Waals surface area contributed by atoms with Gasteiger partial charge < -0.3 is 15.2 Å². The van der Waals surface area contributed by atoms with Crippen molar-refractivity contribution < 1.29 is 4.79 Å². The number of fused-ring (bicyclic) bond motifs is 1. The molecule has 0 saturated carbocycles. The molecule has 126 valence electrons. The maximum absolute atomic E-state index is 12.3. The number of carbonyl (C=O) groups is 1. The highest BCUT2D eigenvalue weighted by molar-refractivity contribution is 5.91. The minimum Gasteiger partial charge on any atom is -0.346 e. The minimum atomic E-state index is -0.0419. The first-order valence-electron chi connectivity index (χ1n) is 8.34. The van der Waals surface area contributed by atoms with Crippen LogP contribution < -0.4 is 5.32 Å². The van der Waals surface area contributed by atoms with Gasteiger partial charge in [0.05, 0.1) is 0 Å². The van der Waals surface area contributed by atoms with E-state index in [9.17, 15) is 4.79 Å². The van der Waals surface area contributed by atoms with Crippen LogP contribution in [0.5, 0.6) is 0 Å². The fourth-order valence-electron chi connectivity index (χ4n) is 3.11. The summed E-state index contributed by atoms with van der Waals surface area (Å²) >= 11 is 0. The summed E-state index contributed by atoms with van der Waals surface area (Å²) in [5, 5.41) is 4.08. The molecule has 1 aliphatic rings. The molecule has 25 heavy (non-hydrogen) atoms. The number of pyridine rings is 2. The maximum atomic E-state index is 12.3. The summed E-state index contributed by atoms with van der Waals surface area (Å²) in [4.78, 5) is 25.7. The highest BCUT2D eigenvalue weighted by atomic mass is 16.2. The van der Waals surface area contributed by atoms with Crippen LogP contribution in [0, 0.1) is 0 Å². The summed E-state index contributed by atoms with van der Waals surface area (Å²) in [6.45, 7) is 1.81. The minimum absolute atomic E-state index is 0.0419. The first-order chi connectivity index (χ1) is 12.3. The molecule has 3 aromatic rings. The molecule has 0 saturated heterocycles. The van der Waals surface area contributed by atoms with E-state index in [1.807, 2.05) is 29.3 Å². The number of H-pyrrole nitrogens is 1. The Labute approximate surface area is 145 Å². The van der Waals surface area contributed by atoms with Crippen molar-refractivity contribution in [3.05, 3.63) is 66.3 Å². The number of nitrogens with one attached hydrogen (secondary N) is 2. The van der Waals surface area contributed by atoms with Gasteiger partial charge in [-0.25, -0.2) is 9.78 Å². The van der Waals surface area contributed by atoms with Crippen LogP contribution in [0.2, 0.25) is 0 Å².